The minimum Gasteiger partial charge on any atom is -0.510 e. The summed E-state index contributed by atoms with van der Waals surface area (Å²) in [4.78, 5) is 27.7. The molecule has 240 valence electrons. The highest BCUT2D eigenvalue weighted by Gasteiger charge is 2.84. The van der Waals surface area contributed by atoms with E-state index in [-0.39, 0.29) is 41.5 Å². The summed E-state index contributed by atoms with van der Waals surface area (Å²) in [5.74, 6) is -8.63. The molecule has 1 aromatic carbocycles. The SMILES string of the molecule is CN(C)[C@@H]1C(O)=C(C(N)=O)C2(O)O[C@@]23C(O)=C2C(=O)c4c(O)cc(CNCC5(C)CCCCC5)c(C(F)(F)F)c4C[C@H]2C[C@@H]13. The first-order valence-corrected chi connectivity index (χ1v) is 14.9. The van der Waals surface area contributed by atoms with Gasteiger partial charge in [0.25, 0.3) is 5.91 Å². The Kier molecular flexibility index (Phi) is 6.97. The molecule has 0 aromatic heterocycles. The normalized spacial score (nSPS) is 32.6. The van der Waals surface area contributed by atoms with E-state index in [0.29, 0.717) is 6.54 Å². The predicted molar refractivity (Wildman–Crippen MR) is 150 cm³/mol. The first-order valence-electron chi connectivity index (χ1n) is 14.9. The number of nitrogens with zero attached hydrogens (tertiary/aromatic N) is 1. The number of benzene rings is 1. The monoisotopic (exact) mass is 621 g/mol. The van der Waals surface area contributed by atoms with Crippen molar-refractivity contribution in [1.82, 2.24) is 10.2 Å². The van der Waals surface area contributed by atoms with Crippen LogP contribution in [0.3, 0.4) is 0 Å². The van der Waals surface area contributed by atoms with Gasteiger partial charge in [-0.25, -0.2) is 0 Å². The number of halogens is 3. The largest absolute Gasteiger partial charge is 0.510 e. The number of phenolic OH excluding ortho intramolecular Hbond substituents is 1. The van der Waals surface area contributed by atoms with Gasteiger partial charge in [-0.1, -0.05) is 26.2 Å². The van der Waals surface area contributed by atoms with Crippen LogP contribution >= 0.6 is 0 Å². The molecule has 13 heteroatoms. The highest BCUT2D eigenvalue weighted by molar-refractivity contribution is 6.14. The lowest BCUT2D eigenvalue weighted by Gasteiger charge is -2.46. The fourth-order valence-corrected chi connectivity index (χ4v) is 8.57. The maximum Gasteiger partial charge on any atom is 0.417 e. The Bertz CT molecular complexity index is 1510. The summed E-state index contributed by atoms with van der Waals surface area (Å²) >= 11 is 0. The van der Waals surface area contributed by atoms with E-state index in [1.165, 1.54) is 4.90 Å². The summed E-state index contributed by atoms with van der Waals surface area (Å²) in [7, 11) is 3.15. The molecule has 6 rings (SSSR count). The van der Waals surface area contributed by atoms with Crippen LogP contribution in [0, 0.1) is 17.3 Å². The number of likely N-dealkylation sites (N-methyl/N-ethyl adjacent to an activating group) is 1. The van der Waals surface area contributed by atoms with Crippen molar-refractivity contribution in [3.05, 3.63) is 51.0 Å². The molecule has 1 saturated heterocycles. The Hall–Kier alpha value is -3.13. The topological polar surface area (TPSA) is 169 Å². The lowest BCUT2D eigenvalue weighted by molar-refractivity contribution is -0.139. The highest BCUT2D eigenvalue weighted by Crippen LogP contribution is 2.68. The molecule has 44 heavy (non-hydrogen) atoms. The molecule has 0 bridgehead atoms. The fourth-order valence-electron chi connectivity index (χ4n) is 8.57. The number of epoxide rings is 1. The number of carbonyl (C=O) groups excluding carboxylic acids is 2. The summed E-state index contributed by atoms with van der Waals surface area (Å²) in [6.45, 7) is 2.45. The number of fused-ring (bicyclic) bond motifs is 2. The van der Waals surface area contributed by atoms with E-state index in [9.17, 15) is 43.2 Å². The Labute approximate surface area is 252 Å². The van der Waals surface area contributed by atoms with Crippen LogP contribution in [-0.2, 0) is 28.7 Å². The van der Waals surface area contributed by atoms with E-state index in [1.807, 2.05) is 0 Å². The Balaban J connectivity index is 1.43. The molecule has 1 aliphatic heterocycles. The molecule has 5 aliphatic rings. The van der Waals surface area contributed by atoms with E-state index in [1.54, 1.807) is 14.1 Å². The minimum absolute atomic E-state index is 0.0394. The molecule has 1 saturated carbocycles. The van der Waals surface area contributed by atoms with Gasteiger partial charge in [-0.2, -0.15) is 13.2 Å². The van der Waals surface area contributed by atoms with Crippen molar-refractivity contribution >= 4 is 11.7 Å². The zero-order chi connectivity index (χ0) is 32.1. The lowest BCUT2D eigenvalue weighted by Crippen LogP contribution is -2.57. The summed E-state index contributed by atoms with van der Waals surface area (Å²) < 4.78 is 49.9. The van der Waals surface area contributed by atoms with Crippen molar-refractivity contribution in [2.75, 3.05) is 20.6 Å². The maximum absolute atomic E-state index is 14.8. The quantitative estimate of drug-likeness (QED) is 0.261. The molecule has 1 amide bonds. The highest BCUT2D eigenvalue weighted by atomic mass is 19.4. The van der Waals surface area contributed by atoms with Crippen molar-refractivity contribution in [3.8, 4) is 5.75 Å². The van der Waals surface area contributed by atoms with Gasteiger partial charge in [0.2, 0.25) is 5.79 Å². The molecule has 1 spiro atoms. The predicted octanol–water partition coefficient (Wildman–Crippen LogP) is 3.36. The van der Waals surface area contributed by atoms with Gasteiger partial charge in [-0.15, -0.1) is 0 Å². The number of nitrogens with two attached hydrogens (primary N) is 1. The number of allylic oxidation sites excluding steroid dienone is 1. The van der Waals surface area contributed by atoms with Gasteiger partial charge in [0.15, 0.2) is 11.4 Å². The van der Waals surface area contributed by atoms with Crippen molar-refractivity contribution in [2.24, 2.45) is 23.0 Å². The summed E-state index contributed by atoms with van der Waals surface area (Å²) in [5.41, 5.74) is 0.329. The van der Waals surface area contributed by atoms with Crippen LogP contribution in [-0.4, -0.2) is 75.1 Å². The third kappa shape index (κ3) is 4.22. The van der Waals surface area contributed by atoms with Crippen molar-refractivity contribution < 1.29 is 47.9 Å². The number of nitrogens with one attached hydrogen (secondary N) is 1. The van der Waals surface area contributed by atoms with E-state index < -0.39 is 81.1 Å². The number of hydrogen-bond donors (Lipinski definition) is 6. The molecular formula is C31H38F3N3O7. The first-order chi connectivity index (χ1) is 20.5. The number of phenols is 1. The number of rotatable bonds is 6. The number of ether oxygens (including phenoxy) is 1. The molecule has 1 heterocycles. The zero-order valence-corrected chi connectivity index (χ0v) is 24.8. The van der Waals surface area contributed by atoms with Crippen LogP contribution in [0.1, 0.15) is 72.5 Å². The number of aliphatic hydroxyl groups excluding tert-OH is 2. The standard InChI is InChI=1S/C31H38F3N3O7/c1-28(7-5-4-6-8-28)13-36-12-15-11-18(38)20-16(21(15)31(32,33)34)9-14-10-17-23(37(2)3)25(40)22(27(35)42)30(43)29(17,44-30)26(41)19(14)24(20)39/h11,14,17,23,36,38,40-41,43H,4-10,12-13H2,1-3H3,(H2,35,42)/t14-,17-,23-,29-,30?/m0/s1. The minimum atomic E-state index is -4.85. The second-order valence-electron chi connectivity index (χ2n) is 13.6. The van der Waals surface area contributed by atoms with Gasteiger partial charge in [0.05, 0.1) is 17.2 Å². The second kappa shape index (κ2) is 9.93. The third-order valence-electron chi connectivity index (χ3n) is 10.5. The smallest absolute Gasteiger partial charge is 0.417 e. The number of ketones is 1. The molecule has 0 radical (unpaired) electrons. The number of alkyl halides is 3. The van der Waals surface area contributed by atoms with E-state index in [2.05, 4.69) is 12.2 Å². The number of Topliss-reactive ketones (excluding diaryl/α,β-unsaturated/α-hetero) is 1. The fraction of sp³-hybridized carbons (Fsp3) is 0.613. The van der Waals surface area contributed by atoms with Crippen LogP contribution in [0.2, 0.25) is 0 Å². The Morgan fingerprint density at radius 3 is 2.43 bits per heavy atom. The zero-order valence-electron chi connectivity index (χ0n) is 24.8. The van der Waals surface area contributed by atoms with Gasteiger partial charge in [-0.05, 0) is 68.3 Å². The van der Waals surface area contributed by atoms with Crippen molar-refractivity contribution in [1.29, 1.82) is 0 Å². The first kappa shape index (κ1) is 30.9. The van der Waals surface area contributed by atoms with E-state index >= 15 is 0 Å². The third-order valence-corrected chi connectivity index (χ3v) is 10.5. The van der Waals surface area contributed by atoms with Crippen LogP contribution in [0.15, 0.2) is 28.7 Å². The average Bonchev–Trinajstić information content (AvgIpc) is 3.53. The van der Waals surface area contributed by atoms with Crippen LogP contribution in [0.25, 0.3) is 0 Å². The molecule has 1 unspecified atom stereocenters. The van der Waals surface area contributed by atoms with E-state index in [0.717, 1.165) is 38.2 Å². The summed E-state index contributed by atoms with van der Waals surface area (Å²) in [5, 5.41) is 48.1. The van der Waals surface area contributed by atoms with Crippen LogP contribution in [0.4, 0.5) is 13.2 Å². The molecule has 2 fully saturated rings. The average molecular weight is 622 g/mol. The van der Waals surface area contributed by atoms with E-state index in [4.69, 9.17) is 10.5 Å². The number of aliphatic hydroxyl groups is 3. The van der Waals surface area contributed by atoms with Gasteiger partial charge >= 0.3 is 6.18 Å². The summed E-state index contributed by atoms with van der Waals surface area (Å²) in [6.07, 6.45) is -0.0640. The number of carbonyl (C=O) groups is 2. The number of amides is 1. The molecule has 1 aromatic rings. The van der Waals surface area contributed by atoms with Gasteiger partial charge < -0.3 is 36.2 Å². The molecule has 4 aliphatic carbocycles. The second-order valence-corrected chi connectivity index (χ2v) is 13.6. The van der Waals surface area contributed by atoms with Gasteiger partial charge in [0.1, 0.15) is 22.8 Å². The summed E-state index contributed by atoms with van der Waals surface area (Å²) in [6, 6.07) is -0.0661. The molecule has 5 atom stereocenters. The van der Waals surface area contributed by atoms with Crippen LogP contribution < -0.4 is 11.1 Å². The molecule has 10 nitrogen and oxygen atoms in total. The maximum atomic E-state index is 14.8. The number of hydrogen-bond acceptors (Lipinski definition) is 9. The molecule has 7 N–H and O–H groups in total. The van der Waals surface area contributed by atoms with Gasteiger partial charge in [-0.3, -0.25) is 14.5 Å². The molecular weight excluding hydrogens is 583 g/mol. The Morgan fingerprint density at radius 1 is 1.18 bits per heavy atom. The van der Waals surface area contributed by atoms with Crippen molar-refractivity contribution in [2.45, 2.75) is 82.0 Å². The lowest BCUT2D eigenvalue weighted by atomic mass is 9.60. The number of primary amides is 1. The van der Waals surface area contributed by atoms with Gasteiger partial charge in [0, 0.05) is 24.6 Å². The van der Waals surface area contributed by atoms with Crippen LogP contribution in [0.5, 0.6) is 5.75 Å². The van der Waals surface area contributed by atoms with Crippen molar-refractivity contribution in [3.63, 3.8) is 0 Å². The Morgan fingerprint density at radius 2 is 1.84 bits per heavy atom. The number of aromatic hydroxyl groups is 1.